The average molecular weight is 235 g/mol. The summed E-state index contributed by atoms with van der Waals surface area (Å²) in [6, 6.07) is 0.655. The molecule has 0 aliphatic heterocycles. The fourth-order valence-corrected chi connectivity index (χ4v) is 1.21. The van der Waals surface area contributed by atoms with Gasteiger partial charge < -0.3 is 10.2 Å². The van der Waals surface area contributed by atoms with Crippen LogP contribution in [-0.4, -0.2) is 20.1 Å². The molecule has 2 N–H and O–H groups in total. The zero-order valence-corrected chi connectivity index (χ0v) is 7.63. The molecular formula is C6H3ClN2O6. The minimum absolute atomic E-state index is 0.623. The van der Waals surface area contributed by atoms with Crippen LogP contribution in [0.15, 0.2) is 6.07 Å². The van der Waals surface area contributed by atoms with Crippen molar-refractivity contribution in [3.8, 4) is 11.5 Å². The largest absolute Gasteiger partial charge is 0.504 e. The van der Waals surface area contributed by atoms with Crippen molar-refractivity contribution in [1.29, 1.82) is 0 Å². The molecule has 0 bridgehead atoms. The van der Waals surface area contributed by atoms with Gasteiger partial charge in [0, 0.05) is 6.07 Å². The first-order valence-electron chi connectivity index (χ1n) is 3.39. The number of phenolic OH excluding ortho intramolecular Hbond substituents is 2. The summed E-state index contributed by atoms with van der Waals surface area (Å²) in [5.41, 5.74) is -2.29. The molecule has 8 nitrogen and oxygen atoms in total. The van der Waals surface area contributed by atoms with E-state index in [4.69, 9.17) is 21.8 Å². The second-order valence-corrected chi connectivity index (χ2v) is 2.84. The zero-order valence-electron chi connectivity index (χ0n) is 6.88. The summed E-state index contributed by atoms with van der Waals surface area (Å²) < 4.78 is 0. The quantitative estimate of drug-likeness (QED) is 0.454. The van der Waals surface area contributed by atoms with E-state index >= 15 is 0 Å². The van der Waals surface area contributed by atoms with Gasteiger partial charge in [-0.25, -0.2) is 0 Å². The number of hydrogen-bond acceptors (Lipinski definition) is 6. The lowest BCUT2D eigenvalue weighted by molar-refractivity contribution is -0.423. The van der Waals surface area contributed by atoms with Crippen molar-refractivity contribution in [2.75, 3.05) is 0 Å². The second kappa shape index (κ2) is 3.58. The van der Waals surface area contributed by atoms with E-state index in [-0.39, 0.29) is 0 Å². The van der Waals surface area contributed by atoms with Crippen LogP contribution in [0.1, 0.15) is 0 Å². The predicted molar refractivity (Wildman–Crippen MR) is 48.1 cm³/mol. The summed E-state index contributed by atoms with van der Waals surface area (Å²) >= 11 is 5.33. The molecule has 0 aliphatic rings. The van der Waals surface area contributed by atoms with Gasteiger partial charge in [0.2, 0.25) is 5.75 Å². The van der Waals surface area contributed by atoms with Crippen LogP contribution < -0.4 is 0 Å². The van der Waals surface area contributed by atoms with E-state index in [2.05, 4.69) is 0 Å². The Morgan fingerprint density at radius 2 is 1.60 bits per heavy atom. The van der Waals surface area contributed by atoms with Crippen molar-refractivity contribution in [2.45, 2.75) is 0 Å². The molecule has 80 valence electrons. The Labute approximate surface area is 86.6 Å². The predicted octanol–water partition coefficient (Wildman–Crippen LogP) is 1.57. The van der Waals surface area contributed by atoms with Crippen molar-refractivity contribution in [2.24, 2.45) is 0 Å². The number of phenols is 2. The topological polar surface area (TPSA) is 127 Å². The van der Waals surface area contributed by atoms with E-state index in [0.29, 0.717) is 6.07 Å². The molecule has 9 heteroatoms. The lowest BCUT2D eigenvalue weighted by Gasteiger charge is -2.01. The highest BCUT2D eigenvalue weighted by Crippen LogP contribution is 2.46. The number of aromatic hydroxyl groups is 2. The fourth-order valence-electron chi connectivity index (χ4n) is 0.950. The van der Waals surface area contributed by atoms with Crippen LogP contribution in [0.25, 0.3) is 0 Å². The number of halogens is 1. The van der Waals surface area contributed by atoms with Gasteiger partial charge in [0.15, 0.2) is 5.75 Å². The van der Waals surface area contributed by atoms with Crippen LogP contribution in [0.3, 0.4) is 0 Å². The number of nitro groups is 2. The summed E-state index contributed by atoms with van der Waals surface area (Å²) in [6.45, 7) is 0. The average Bonchev–Trinajstić information content (AvgIpc) is 2.09. The van der Waals surface area contributed by atoms with Crippen LogP contribution in [0, 0.1) is 20.2 Å². The molecule has 0 radical (unpaired) electrons. The molecule has 0 aliphatic carbocycles. The highest BCUT2D eigenvalue weighted by molar-refractivity contribution is 6.33. The first kappa shape index (κ1) is 11.0. The van der Waals surface area contributed by atoms with Crippen molar-refractivity contribution >= 4 is 23.0 Å². The summed E-state index contributed by atoms with van der Waals surface area (Å²) in [7, 11) is 0. The van der Waals surface area contributed by atoms with Gasteiger partial charge in [0.25, 0.3) is 0 Å². The Morgan fingerprint density at radius 1 is 1.13 bits per heavy atom. The number of benzene rings is 1. The van der Waals surface area contributed by atoms with Crippen molar-refractivity contribution < 1.29 is 20.1 Å². The van der Waals surface area contributed by atoms with Crippen LogP contribution >= 0.6 is 11.6 Å². The Morgan fingerprint density at radius 3 is 2.00 bits per heavy atom. The van der Waals surface area contributed by atoms with Crippen molar-refractivity contribution in [3.05, 3.63) is 31.3 Å². The van der Waals surface area contributed by atoms with Crippen LogP contribution in [0.4, 0.5) is 11.4 Å². The van der Waals surface area contributed by atoms with E-state index in [1.807, 2.05) is 0 Å². The van der Waals surface area contributed by atoms with Crippen LogP contribution in [-0.2, 0) is 0 Å². The SMILES string of the molecule is O=[N+]([O-])c1c(Cl)cc(O)c(O)c1[N+](=O)[O-]. The maximum atomic E-state index is 10.4. The minimum atomic E-state index is -1.23. The van der Waals surface area contributed by atoms with Crippen molar-refractivity contribution in [3.63, 3.8) is 0 Å². The molecule has 0 fully saturated rings. The summed E-state index contributed by atoms with van der Waals surface area (Å²) in [5.74, 6) is -2.08. The molecule has 1 rings (SSSR count). The highest BCUT2D eigenvalue weighted by Gasteiger charge is 2.34. The molecule has 0 saturated carbocycles. The van der Waals surface area contributed by atoms with Gasteiger partial charge in [0.1, 0.15) is 5.02 Å². The number of hydrogen-bond donors (Lipinski definition) is 2. The number of nitro benzene ring substituents is 2. The lowest BCUT2D eigenvalue weighted by Crippen LogP contribution is -1.98. The highest BCUT2D eigenvalue weighted by atomic mass is 35.5. The van der Waals surface area contributed by atoms with E-state index in [9.17, 15) is 20.2 Å². The van der Waals surface area contributed by atoms with Gasteiger partial charge in [-0.3, -0.25) is 20.2 Å². The first-order valence-corrected chi connectivity index (χ1v) is 3.77. The summed E-state index contributed by atoms with van der Waals surface area (Å²) in [6.07, 6.45) is 0. The van der Waals surface area contributed by atoms with Crippen LogP contribution in [0.2, 0.25) is 5.02 Å². The third kappa shape index (κ3) is 1.74. The lowest BCUT2D eigenvalue weighted by atomic mass is 10.2. The Kier molecular flexibility index (Phi) is 2.62. The van der Waals surface area contributed by atoms with E-state index in [1.165, 1.54) is 0 Å². The third-order valence-corrected chi connectivity index (χ3v) is 1.83. The molecule has 0 spiro atoms. The third-order valence-electron chi connectivity index (χ3n) is 1.55. The molecule has 0 saturated heterocycles. The molecule has 1 aromatic carbocycles. The molecule has 0 heterocycles. The van der Waals surface area contributed by atoms with Gasteiger partial charge >= 0.3 is 11.4 Å². The molecule has 15 heavy (non-hydrogen) atoms. The van der Waals surface area contributed by atoms with Crippen molar-refractivity contribution in [1.82, 2.24) is 0 Å². The summed E-state index contributed by atoms with van der Waals surface area (Å²) in [4.78, 5) is 18.6. The van der Waals surface area contributed by atoms with Gasteiger partial charge in [-0.05, 0) is 0 Å². The Balaban J connectivity index is 3.69. The first-order chi connectivity index (χ1) is 6.86. The smallest absolute Gasteiger partial charge is 0.392 e. The molecule has 0 unspecified atom stereocenters. The van der Waals surface area contributed by atoms with Gasteiger partial charge in [-0.15, -0.1) is 0 Å². The molecule has 0 aromatic heterocycles. The molecule has 0 amide bonds. The molecule has 0 atom stereocenters. The molecular weight excluding hydrogens is 232 g/mol. The Hall–Kier alpha value is -2.09. The fraction of sp³-hybridized carbons (Fsp3) is 0. The minimum Gasteiger partial charge on any atom is -0.504 e. The van der Waals surface area contributed by atoms with E-state index in [0.717, 1.165) is 0 Å². The maximum Gasteiger partial charge on any atom is 0.392 e. The summed E-state index contributed by atoms with van der Waals surface area (Å²) in [5, 5.41) is 38.3. The van der Waals surface area contributed by atoms with Gasteiger partial charge in [-0.1, -0.05) is 11.6 Å². The van der Waals surface area contributed by atoms with Gasteiger partial charge in [0.05, 0.1) is 9.85 Å². The van der Waals surface area contributed by atoms with Crippen LogP contribution in [0.5, 0.6) is 11.5 Å². The van der Waals surface area contributed by atoms with Gasteiger partial charge in [-0.2, -0.15) is 0 Å². The number of rotatable bonds is 2. The Bertz CT molecular complexity index is 459. The number of nitrogens with zero attached hydrogens (tertiary/aromatic N) is 2. The zero-order chi connectivity index (χ0) is 11.7. The van der Waals surface area contributed by atoms with E-state index < -0.39 is 37.7 Å². The molecule has 1 aromatic rings. The standard InChI is InChI=1S/C6H3ClN2O6/c7-2-1-3(10)6(11)5(9(14)15)4(2)8(12)13/h1,10-11H. The second-order valence-electron chi connectivity index (χ2n) is 2.44. The van der Waals surface area contributed by atoms with E-state index in [1.54, 1.807) is 0 Å². The monoisotopic (exact) mass is 234 g/mol. The maximum absolute atomic E-state index is 10.4. The normalized spacial score (nSPS) is 9.93.